The van der Waals surface area contributed by atoms with Crippen molar-refractivity contribution in [2.24, 2.45) is 0 Å². The molecule has 0 amide bonds. The number of para-hydroxylation sites is 1. The van der Waals surface area contributed by atoms with Gasteiger partial charge in [-0.05, 0) is 11.4 Å². The SMILES string of the molecule is O=C(Cc1ccccc1[N+](=O)[O-])c1sccc1Cl. The lowest BCUT2D eigenvalue weighted by Crippen LogP contribution is -2.04. The quantitative estimate of drug-likeness (QED) is 0.487. The topological polar surface area (TPSA) is 60.2 Å². The maximum Gasteiger partial charge on any atom is 0.273 e. The molecule has 0 saturated carbocycles. The third-order valence-corrected chi connectivity index (χ3v) is 3.79. The van der Waals surface area contributed by atoms with Crippen LogP contribution in [0.1, 0.15) is 15.2 Å². The summed E-state index contributed by atoms with van der Waals surface area (Å²) in [7, 11) is 0. The number of ketones is 1. The molecule has 6 heteroatoms. The van der Waals surface area contributed by atoms with Crippen molar-refractivity contribution in [3.05, 3.63) is 61.3 Å². The third-order valence-electron chi connectivity index (χ3n) is 2.41. The molecule has 1 heterocycles. The molecule has 0 saturated heterocycles. The van der Waals surface area contributed by atoms with Gasteiger partial charge in [-0.25, -0.2) is 0 Å². The number of hydrogen-bond donors (Lipinski definition) is 0. The van der Waals surface area contributed by atoms with Gasteiger partial charge in [0, 0.05) is 18.1 Å². The Kier molecular flexibility index (Phi) is 3.74. The van der Waals surface area contributed by atoms with Gasteiger partial charge in [0.05, 0.1) is 14.8 Å². The molecule has 0 atom stereocenters. The molecule has 2 rings (SSSR count). The number of benzene rings is 1. The van der Waals surface area contributed by atoms with Gasteiger partial charge in [-0.15, -0.1) is 11.3 Å². The lowest BCUT2D eigenvalue weighted by Gasteiger charge is -2.01. The van der Waals surface area contributed by atoms with Crippen molar-refractivity contribution >= 4 is 34.4 Å². The number of carbonyl (C=O) groups excluding carboxylic acids is 1. The van der Waals surface area contributed by atoms with Crippen LogP contribution in [0.5, 0.6) is 0 Å². The predicted molar refractivity (Wildman–Crippen MR) is 70.5 cm³/mol. The molecule has 0 radical (unpaired) electrons. The molecule has 4 nitrogen and oxygen atoms in total. The molecular formula is C12H8ClNO3S. The summed E-state index contributed by atoms with van der Waals surface area (Å²) >= 11 is 7.10. The minimum Gasteiger partial charge on any atom is -0.293 e. The molecule has 0 aliphatic rings. The second kappa shape index (κ2) is 5.29. The number of thiophene rings is 1. The molecule has 0 spiro atoms. The summed E-state index contributed by atoms with van der Waals surface area (Å²) < 4.78 is 0. The van der Waals surface area contributed by atoms with Crippen molar-refractivity contribution in [3.8, 4) is 0 Å². The number of nitrogens with zero attached hydrogens (tertiary/aromatic N) is 1. The minimum atomic E-state index is -0.487. The largest absolute Gasteiger partial charge is 0.293 e. The molecule has 0 N–H and O–H groups in total. The van der Waals surface area contributed by atoms with Crippen LogP contribution in [0.25, 0.3) is 0 Å². The van der Waals surface area contributed by atoms with E-state index in [4.69, 9.17) is 11.6 Å². The molecule has 0 bridgehead atoms. The highest BCUT2D eigenvalue weighted by Crippen LogP contribution is 2.26. The summed E-state index contributed by atoms with van der Waals surface area (Å²) in [5, 5.41) is 12.9. The Balaban J connectivity index is 2.28. The van der Waals surface area contributed by atoms with E-state index in [2.05, 4.69) is 0 Å². The van der Waals surface area contributed by atoms with Crippen LogP contribution < -0.4 is 0 Å². The summed E-state index contributed by atoms with van der Waals surface area (Å²) in [6.45, 7) is 0. The summed E-state index contributed by atoms with van der Waals surface area (Å²) in [6, 6.07) is 7.85. The molecule has 0 aliphatic heterocycles. The van der Waals surface area contributed by atoms with Crippen molar-refractivity contribution in [1.29, 1.82) is 0 Å². The van der Waals surface area contributed by atoms with Gasteiger partial charge in [0.1, 0.15) is 0 Å². The lowest BCUT2D eigenvalue weighted by atomic mass is 10.1. The number of Topliss-reactive ketones (excluding diaryl/α,β-unsaturated/α-hetero) is 1. The van der Waals surface area contributed by atoms with Gasteiger partial charge in [-0.1, -0.05) is 29.8 Å². The van der Waals surface area contributed by atoms with Crippen molar-refractivity contribution in [1.82, 2.24) is 0 Å². The van der Waals surface area contributed by atoms with E-state index >= 15 is 0 Å². The van der Waals surface area contributed by atoms with E-state index in [1.807, 2.05) is 0 Å². The standard InChI is InChI=1S/C12H8ClNO3S/c13-9-5-6-18-12(9)11(15)7-8-3-1-2-4-10(8)14(16)17/h1-6H,7H2. The molecule has 0 aliphatic carbocycles. The first-order valence-corrected chi connectivity index (χ1v) is 6.34. The van der Waals surface area contributed by atoms with Gasteiger partial charge < -0.3 is 0 Å². The fourth-order valence-electron chi connectivity index (χ4n) is 1.58. The number of nitro benzene ring substituents is 1. The Morgan fingerprint density at radius 3 is 2.67 bits per heavy atom. The zero-order valence-corrected chi connectivity index (χ0v) is 10.7. The van der Waals surface area contributed by atoms with E-state index in [0.717, 1.165) is 0 Å². The van der Waals surface area contributed by atoms with Crippen molar-refractivity contribution in [2.75, 3.05) is 0 Å². The first kappa shape index (κ1) is 12.7. The van der Waals surface area contributed by atoms with Crippen LogP contribution in [0.3, 0.4) is 0 Å². The Morgan fingerprint density at radius 2 is 2.06 bits per heavy atom. The van der Waals surface area contributed by atoms with E-state index in [1.165, 1.54) is 17.4 Å². The van der Waals surface area contributed by atoms with Gasteiger partial charge >= 0.3 is 0 Å². The van der Waals surface area contributed by atoms with Crippen molar-refractivity contribution < 1.29 is 9.72 Å². The fourth-order valence-corrected chi connectivity index (χ4v) is 2.69. The third kappa shape index (κ3) is 2.57. The summed E-state index contributed by atoms with van der Waals surface area (Å²) in [4.78, 5) is 22.8. The van der Waals surface area contributed by atoms with Crippen LogP contribution in [0.2, 0.25) is 5.02 Å². The zero-order chi connectivity index (χ0) is 13.1. The Labute approximate surface area is 112 Å². The Bertz CT molecular complexity index is 609. The average molecular weight is 282 g/mol. The summed E-state index contributed by atoms with van der Waals surface area (Å²) in [5.41, 5.74) is 0.357. The second-order valence-corrected chi connectivity index (χ2v) is 4.91. The van der Waals surface area contributed by atoms with E-state index < -0.39 is 4.92 Å². The van der Waals surface area contributed by atoms with Crippen LogP contribution in [-0.4, -0.2) is 10.7 Å². The lowest BCUT2D eigenvalue weighted by molar-refractivity contribution is -0.385. The average Bonchev–Trinajstić information content (AvgIpc) is 2.76. The number of nitro groups is 1. The second-order valence-electron chi connectivity index (χ2n) is 3.58. The maximum absolute atomic E-state index is 12.0. The van der Waals surface area contributed by atoms with Gasteiger partial charge in [0.15, 0.2) is 5.78 Å². The zero-order valence-electron chi connectivity index (χ0n) is 9.13. The van der Waals surface area contributed by atoms with Crippen LogP contribution in [0.4, 0.5) is 5.69 Å². The monoisotopic (exact) mass is 281 g/mol. The number of hydrogen-bond acceptors (Lipinski definition) is 4. The van der Waals surface area contributed by atoms with Crippen molar-refractivity contribution in [2.45, 2.75) is 6.42 Å². The van der Waals surface area contributed by atoms with Gasteiger partial charge in [-0.2, -0.15) is 0 Å². The van der Waals surface area contributed by atoms with Crippen LogP contribution in [-0.2, 0) is 6.42 Å². The van der Waals surface area contributed by atoms with E-state index in [0.29, 0.717) is 15.5 Å². The first-order chi connectivity index (χ1) is 8.59. The highest BCUT2D eigenvalue weighted by Gasteiger charge is 2.18. The molecular weight excluding hydrogens is 274 g/mol. The normalized spacial score (nSPS) is 10.3. The molecule has 2 aromatic rings. The van der Waals surface area contributed by atoms with Gasteiger partial charge in [0.25, 0.3) is 5.69 Å². The highest BCUT2D eigenvalue weighted by molar-refractivity contribution is 7.12. The number of carbonyl (C=O) groups is 1. The molecule has 0 unspecified atom stereocenters. The number of halogens is 1. The van der Waals surface area contributed by atoms with E-state index in [1.54, 1.807) is 29.6 Å². The van der Waals surface area contributed by atoms with Crippen LogP contribution >= 0.6 is 22.9 Å². The maximum atomic E-state index is 12.0. The minimum absolute atomic E-state index is 0.0165. The molecule has 1 aromatic heterocycles. The predicted octanol–water partition coefficient (Wildman–Crippen LogP) is 3.74. The van der Waals surface area contributed by atoms with Gasteiger partial charge in [-0.3, -0.25) is 14.9 Å². The molecule has 18 heavy (non-hydrogen) atoms. The van der Waals surface area contributed by atoms with Crippen LogP contribution in [0, 0.1) is 10.1 Å². The molecule has 1 aromatic carbocycles. The van der Waals surface area contributed by atoms with Gasteiger partial charge in [0.2, 0.25) is 0 Å². The summed E-state index contributed by atoms with van der Waals surface area (Å²) in [5.74, 6) is -0.204. The summed E-state index contributed by atoms with van der Waals surface area (Å²) in [6.07, 6.45) is -0.0165. The Hall–Kier alpha value is -1.72. The smallest absolute Gasteiger partial charge is 0.273 e. The molecule has 92 valence electrons. The van der Waals surface area contributed by atoms with Crippen LogP contribution in [0.15, 0.2) is 35.7 Å². The number of rotatable bonds is 4. The highest BCUT2D eigenvalue weighted by atomic mass is 35.5. The first-order valence-electron chi connectivity index (χ1n) is 5.08. The van der Waals surface area contributed by atoms with Crippen molar-refractivity contribution in [3.63, 3.8) is 0 Å². The molecule has 0 fully saturated rings. The fraction of sp³-hybridized carbons (Fsp3) is 0.0833. The Morgan fingerprint density at radius 1 is 1.33 bits per heavy atom. The van der Waals surface area contributed by atoms with E-state index in [-0.39, 0.29) is 17.9 Å². The van der Waals surface area contributed by atoms with E-state index in [9.17, 15) is 14.9 Å².